The fourth-order valence-electron chi connectivity index (χ4n) is 3.70. The molecule has 2 fully saturated rings. The van der Waals surface area contributed by atoms with E-state index in [1.54, 1.807) is 0 Å². The number of nitrogens with one attached hydrogen (secondary N) is 2. The van der Waals surface area contributed by atoms with Gasteiger partial charge in [-0.1, -0.05) is 0 Å². The average molecular weight is 447 g/mol. The highest BCUT2D eigenvalue weighted by atomic mass is 32.2. The second-order valence-electron chi connectivity index (χ2n) is 7.39. The van der Waals surface area contributed by atoms with Crippen molar-refractivity contribution in [3.8, 4) is 0 Å². The van der Waals surface area contributed by atoms with Crippen molar-refractivity contribution in [1.29, 1.82) is 0 Å². The van der Waals surface area contributed by atoms with Gasteiger partial charge in [-0.05, 0) is 24.3 Å². The zero-order chi connectivity index (χ0) is 22.2. The Morgan fingerprint density at radius 3 is 2.06 bits per heavy atom. The minimum atomic E-state index is -3.74. The van der Waals surface area contributed by atoms with Crippen LogP contribution in [0.2, 0.25) is 0 Å². The highest BCUT2D eigenvalue weighted by Crippen LogP contribution is 2.25. The number of hydrogen-bond acceptors (Lipinski definition) is 7. The molecule has 12 heteroatoms. The van der Waals surface area contributed by atoms with Crippen molar-refractivity contribution in [2.45, 2.75) is 24.3 Å². The number of benzene rings is 1. The molecule has 4 rings (SSSR count). The Morgan fingerprint density at radius 2 is 1.48 bits per heavy atom. The normalized spacial score (nSPS) is 18.6. The van der Waals surface area contributed by atoms with Crippen molar-refractivity contribution in [1.82, 2.24) is 19.2 Å². The molecule has 2 aliphatic rings. The number of sulfonamides is 1. The largest absolute Gasteiger partial charge is 0.325 e. The lowest BCUT2D eigenvalue weighted by atomic mass is 10.3. The molecule has 0 bridgehead atoms. The van der Waals surface area contributed by atoms with E-state index in [9.17, 15) is 27.6 Å². The standard InChI is InChI=1S/C19H21N5O6S/c25-16-5-6-17(26)24(16)14-1-3-15(4-2-14)31(29,30)23-9-7-22(8-10-23)12-13-11-20-19(28)21-18(13)27/h1-4,11H,5-10,12H2,(H2,20,21,27,28). The molecule has 3 heterocycles. The van der Waals surface area contributed by atoms with Crippen LogP contribution in [0.5, 0.6) is 0 Å². The minimum Gasteiger partial charge on any atom is -0.314 e. The topological polar surface area (TPSA) is 144 Å². The Bertz CT molecular complexity index is 1210. The molecule has 2 aliphatic heterocycles. The van der Waals surface area contributed by atoms with Gasteiger partial charge in [0.05, 0.1) is 10.6 Å². The van der Waals surface area contributed by atoms with Crippen LogP contribution < -0.4 is 16.1 Å². The van der Waals surface area contributed by atoms with E-state index in [2.05, 4.69) is 9.97 Å². The maximum Gasteiger partial charge on any atom is 0.325 e. The van der Waals surface area contributed by atoms with E-state index in [1.807, 2.05) is 4.90 Å². The van der Waals surface area contributed by atoms with Crippen LogP contribution in [0.1, 0.15) is 18.4 Å². The van der Waals surface area contributed by atoms with Gasteiger partial charge in [0.25, 0.3) is 5.56 Å². The molecule has 2 N–H and O–H groups in total. The molecule has 2 saturated heterocycles. The molecule has 164 valence electrons. The second-order valence-corrected chi connectivity index (χ2v) is 9.33. The summed E-state index contributed by atoms with van der Waals surface area (Å²) in [5, 5.41) is 0. The first kappa shape index (κ1) is 21.2. The van der Waals surface area contributed by atoms with Crippen molar-refractivity contribution in [2.75, 3.05) is 31.1 Å². The lowest BCUT2D eigenvalue weighted by molar-refractivity contribution is -0.121. The molecule has 1 aromatic heterocycles. The summed E-state index contributed by atoms with van der Waals surface area (Å²) in [5.41, 5.74) is -0.275. The maximum absolute atomic E-state index is 13.0. The predicted molar refractivity (Wildman–Crippen MR) is 110 cm³/mol. The molecule has 0 unspecified atom stereocenters. The van der Waals surface area contributed by atoms with Gasteiger partial charge < -0.3 is 4.98 Å². The summed E-state index contributed by atoms with van der Waals surface area (Å²) in [5.74, 6) is -0.587. The predicted octanol–water partition coefficient (Wildman–Crippen LogP) is -0.777. The van der Waals surface area contributed by atoms with Gasteiger partial charge in [0, 0.05) is 57.3 Å². The van der Waals surface area contributed by atoms with Crippen LogP contribution in [0, 0.1) is 0 Å². The van der Waals surface area contributed by atoms with Crippen LogP contribution in [0.25, 0.3) is 0 Å². The molecular formula is C19H21N5O6S. The van der Waals surface area contributed by atoms with E-state index in [-0.39, 0.29) is 42.6 Å². The van der Waals surface area contributed by atoms with Crippen LogP contribution in [-0.2, 0) is 26.2 Å². The lowest BCUT2D eigenvalue weighted by Gasteiger charge is -2.33. The first-order chi connectivity index (χ1) is 14.8. The number of rotatable bonds is 5. The van der Waals surface area contributed by atoms with Gasteiger partial charge in [0.2, 0.25) is 21.8 Å². The zero-order valence-electron chi connectivity index (χ0n) is 16.5. The summed E-state index contributed by atoms with van der Waals surface area (Å²) >= 11 is 0. The Balaban J connectivity index is 1.42. The molecule has 0 aliphatic carbocycles. The number of hydrogen-bond donors (Lipinski definition) is 2. The second kappa shape index (κ2) is 8.21. The van der Waals surface area contributed by atoms with E-state index in [4.69, 9.17) is 0 Å². The Kier molecular flexibility index (Phi) is 5.60. The van der Waals surface area contributed by atoms with Crippen molar-refractivity contribution in [2.24, 2.45) is 0 Å². The number of aromatic amines is 2. The summed E-state index contributed by atoms with van der Waals surface area (Å²) in [6.45, 7) is 1.63. The van der Waals surface area contributed by atoms with Gasteiger partial charge in [0.15, 0.2) is 0 Å². The summed E-state index contributed by atoms with van der Waals surface area (Å²) in [7, 11) is -3.74. The summed E-state index contributed by atoms with van der Waals surface area (Å²) in [6.07, 6.45) is 1.68. The lowest BCUT2D eigenvalue weighted by Crippen LogP contribution is -2.48. The third kappa shape index (κ3) is 4.22. The molecular weight excluding hydrogens is 426 g/mol. The molecule has 0 radical (unpaired) electrons. The molecule has 2 amide bonds. The van der Waals surface area contributed by atoms with Gasteiger partial charge in [-0.2, -0.15) is 4.31 Å². The molecule has 2 aromatic rings. The smallest absolute Gasteiger partial charge is 0.314 e. The van der Waals surface area contributed by atoms with Crippen molar-refractivity contribution in [3.63, 3.8) is 0 Å². The van der Waals surface area contributed by atoms with Crippen molar-refractivity contribution in [3.05, 3.63) is 56.9 Å². The van der Waals surface area contributed by atoms with Crippen molar-refractivity contribution < 1.29 is 18.0 Å². The van der Waals surface area contributed by atoms with E-state index in [0.29, 0.717) is 30.9 Å². The third-order valence-electron chi connectivity index (χ3n) is 5.41. The number of nitrogens with zero attached hydrogens (tertiary/aromatic N) is 3. The molecule has 31 heavy (non-hydrogen) atoms. The number of anilines is 1. The first-order valence-corrected chi connectivity index (χ1v) is 11.2. The maximum atomic E-state index is 13.0. The quantitative estimate of drug-likeness (QED) is 0.573. The van der Waals surface area contributed by atoms with Crippen molar-refractivity contribution >= 4 is 27.5 Å². The number of carbonyl (C=O) groups is 2. The van der Waals surface area contributed by atoms with Gasteiger partial charge >= 0.3 is 5.69 Å². The summed E-state index contributed by atoms with van der Waals surface area (Å²) in [6, 6.07) is 5.73. The van der Waals surface area contributed by atoms with E-state index < -0.39 is 21.3 Å². The fourth-order valence-corrected chi connectivity index (χ4v) is 5.13. The van der Waals surface area contributed by atoms with Gasteiger partial charge in [-0.15, -0.1) is 0 Å². The average Bonchev–Trinajstić information content (AvgIpc) is 3.08. The monoisotopic (exact) mass is 447 g/mol. The van der Waals surface area contributed by atoms with Crippen LogP contribution in [0.4, 0.5) is 5.69 Å². The molecule has 1 aromatic carbocycles. The first-order valence-electron chi connectivity index (χ1n) is 9.75. The van der Waals surface area contributed by atoms with Crippen LogP contribution in [-0.4, -0.2) is 65.6 Å². The number of imide groups is 1. The molecule has 0 spiro atoms. The fraction of sp³-hybridized carbons (Fsp3) is 0.368. The number of amides is 2. The van der Waals surface area contributed by atoms with Crippen LogP contribution in [0.15, 0.2) is 44.9 Å². The number of H-pyrrole nitrogens is 2. The van der Waals surface area contributed by atoms with Crippen LogP contribution >= 0.6 is 0 Å². The SMILES string of the molecule is O=C1CCC(=O)N1c1ccc(S(=O)(=O)N2CCN(Cc3c[nH]c(=O)[nH]c3=O)CC2)cc1. The summed E-state index contributed by atoms with van der Waals surface area (Å²) in [4.78, 5) is 54.3. The van der Waals surface area contributed by atoms with E-state index >= 15 is 0 Å². The zero-order valence-corrected chi connectivity index (χ0v) is 17.4. The number of carbonyl (C=O) groups excluding carboxylic acids is 2. The van der Waals surface area contributed by atoms with Crippen LogP contribution in [0.3, 0.4) is 0 Å². The van der Waals surface area contributed by atoms with E-state index in [0.717, 1.165) is 4.90 Å². The highest BCUT2D eigenvalue weighted by molar-refractivity contribution is 7.89. The van der Waals surface area contributed by atoms with E-state index in [1.165, 1.54) is 34.8 Å². The number of piperazine rings is 1. The Labute approximate surface area is 177 Å². The molecule has 11 nitrogen and oxygen atoms in total. The Hall–Kier alpha value is -3.09. The minimum absolute atomic E-state index is 0.0841. The van der Waals surface area contributed by atoms with Gasteiger partial charge in [0.1, 0.15) is 0 Å². The highest BCUT2D eigenvalue weighted by Gasteiger charge is 2.32. The van der Waals surface area contributed by atoms with Gasteiger partial charge in [-0.25, -0.2) is 13.2 Å². The molecule has 0 atom stereocenters. The summed E-state index contributed by atoms with van der Waals surface area (Å²) < 4.78 is 27.3. The van der Waals surface area contributed by atoms with Gasteiger partial charge in [-0.3, -0.25) is 29.2 Å². The molecule has 0 saturated carbocycles. The number of aromatic nitrogens is 2. The third-order valence-corrected chi connectivity index (χ3v) is 7.32. The Morgan fingerprint density at radius 1 is 0.871 bits per heavy atom.